The first kappa shape index (κ1) is 24.9. The number of carbonyl (C=O) groups is 3. The molecule has 0 saturated carbocycles. The fraction of sp³-hybridized carbons (Fsp3) is 0.200. The number of halogens is 4. The Bertz CT molecular complexity index is 1020. The maximum Gasteiger partial charge on any atom is 0.440 e. The van der Waals surface area contributed by atoms with Gasteiger partial charge in [0.05, 0.1) is 33.3 Å². The number of hydrogen-bond donors (Lipinski definition) is 0. The van der Waals surface area contributed by atoms with Gasteiger partial charge in [-0.2, -0.15) is 5.10 Å². The third-order valence-corrected chi connectivity index (χ3v) is 5.15. The quantitative estimate of drug-likeness (QED) is 0.254. The third-order valence-electron chi connectivity index (χ3n) is 3.67. The number of ketones is 1. The van der Waals surface area contributed by atoms with E-state index in [-0.39, 0.29) is 50.1 Å². The zero-order chi connectivity index (χ0) is 23.1. The Morgan fingerprint density at radius 3 is 1.68 bits per heavy atom. The number of hydrazone groups is 1. The number of rotatable bonds is 6. The number of hydrogen-bond acceptors (Lipinski definition) is 6. The average molecular weight is 506 g/mol. The Hall–Kier alpha value is -2.32. The molecule has 0 aromatic heterocycles. The first-order valence-corrected chi connectivity index (χ1v) is 10.4. The largest absolute Gasteiger partial charge is 0.448 e. The molecule has 0 heterocycles. The molecule has 0 aliphatic heterocycles. The molecule has 0 aliphatic rings. The summed E-state index contributed by atoms with van der Waals surface area (Å²) in [5.74, 6) is -0.671. The second kappa shape index (κ2) is 11.3. The molecule has 0 unspecified atom stereocenters. The first-order valence-electron chi connectivity index (χ1n) is 8.87. The van der Waals surface area contributed by atoms with Crippen LogP contribution in [-0.4, -0.2) is 41.9 Å². The molecule has 2 rings (SSSR count). The Kier molecular flexibility index (Phi) is 9.13. The van der Waals surface area contributed by atoms with E-state index in [1.165, 1.54) is 36.4 Å². The Morgan fingerprint density at radius 1 is 0.774 bits per heavy atom. The molecule has 2 amide bonds. The number of imide groups is 1. The molecule has 0 saturated heterocycles. The van der Waals surface area contributed by atoms with Crippen LogP contribution < -0.4 is 0 Å². The van der Waals surface area contributed by atoms with Gasteiger partial charge in [-0.05, 0) is 44.2 Å². The molecule has 0 spiro atoms. The minimum atomic E-state index is -1.12. The zero-order valence-corrected chi connectivity index (χ0v) is 19.3. The summed E-state index contributed by atoms with van der Waals surface area (Å²) in [5.41, 5.74) is -0.0194. The highest BCUT2D eigenvalue weighted by molar-refractivity contribution is 6.52. The SMILES string of the molecule is CCOC(=O)N(/N=C(/C(=O)c1ccc(Cl)c(Cl)c1)c1ccc(Cl)c(Cl)c1)C(=O)OCC. The van der Waals surface area contributed by atoms with Gasteiger partial charge >= 0.3 is 12.2 Å². The minimum absolute atomic E-state index is 0.0346. The van der Waals surface area contributed by atoms with Crippen molar-refractivity contribution in [3.8, 4) is 0 Å². The highest BCUT2D eigenvalue weighted by atomic mass is 35.5. The van der Waals surface area contributed by atoms with Gasteiger partial charge in [0.25, 0.3) is 0 Å². The lowest BCUT2D eigenvalue weighted by Gasteiger charge is -2.16. The Morgan fingerprint density at radius 2 is 1.23 bits per heavy atom. The number of benzene rings is 2. The third kappa shape index (κ3) is 6.33. The van der Waals surface area contributed by atoms with Gasteiger partial charge in [0.1, 0.15) is 5.71 Å². The second-order valence-corrected chi connectivity index (χ2v) is 7.37. The van der Waals surface area contributed by atoms with E-state index in [2.05, 4.69) is 5.10 Å². The van der Waals surface area contributed by atoms with Crippen molar-refractivity contribution in [1.82, 2.24) is 5.01 Å². The van der Waals surface area contributed by atoms with Crippen molar-refractivity contribution in [2.24, 2.45) is 5.10 Å². The van der Waals surface area contributed by atoms with E-state index in [9.17, 15) is 14.4 Å². The molecular weight excluding hydrogens is 490 g/mol. The van der Waals surface area contributed by atoms with Crippen LogP contribution in [0.2, 0.25) is 20.1 Å². The van der Waals surface area contributed by atoms with E-state index in [4.69, 9.17) is 55.9 Å². The molecule has 2 aromatic carbocycles. The normalized spacial score (nSPS) is 11.1. The maximum absolute atomic E-state index is 13.3. The lowest BCUT2D eigenvalue weighted by atomic mass is 10.0. The molecule has 0 N–H and O–H groups in total. The summed E-state index contributed by atoms with van der Waals surface area (Å²) in [4.78, 5) is 37.9. The first-order chi connectivity index (χ1) is 14.7. The van der Waals surface area contributed by atoms with Crippen molar-refractivity contribution >= 4 is 70.1 Å². The maximum atomic E-state index is 13.3. The molecular formula is C20H16Cl4N2O5. The van der Waals surface area contributed by atoms with Gasteiger partial charge in [-0.25, -0.2) is 9.59 Å². The van der Waals surface area contributed by atoms with Crippen LogP contribution in [0.25, 0.3) is 0 Å². The van der Waals surface area contributed by atoms with Crippen molar-refractivity contribution in [3.63, 3.8) is 0 Å². The highest BCUT2D eigenvalue weighted by Gasteiger charge is 2.28. The van der Waals surface area contributed by atoms with Crippen LogP contribution in [-0.2, 0) is 9.47 Å². The summed E-state index contributed by atoms with van der Waals surface area (Å²) in [6.07, 6.45) is -2.25. The fourth-order valence-corrected chi connectivity index (χ4v) is 2.87. The van der Waals surface area contributed by atoms with E-state index >= 15 is 0 Å². The number of carbonyl (C=O) groups excluding carboxylic acids is 3. The number of ether oxygens (including phenoxy) is 2. The molecule has 0 fully saturated rings. The summed E-state index contributed by atoms with van der Waals surface area (Å²) < 4.78 is 9.71. The number of Topliss-reactive ketones (excluding diaryl/α,β-unsaturated/α-hetero) is 1. The highest BCUT2D eigenvalue weighted by Crippen LogP contribution is 2.26. The average Bonchev–Trinajstić information content (AvgIpc) is 2.72. The molecule has 31 heavy (non-hydrogen) atoms. The van der Waals surface area contributed by atoms with Crippen LogP contribution >= 0.6 is 46.4 Å². The fourth-order valence-electron chi connectivity index (χ4n) is 2.28. The van der Waals surface area contributed by atoms with Gasteiger partial charge in [-0.15, -0.1) is 0 Å². The predicted molar refractivity (Wildman–Crippen MR) is 120 cm³/mol. The van der Waals surface area contributed by atoms with Crippen LogP contribution in [0.1, 0.15) is 29.8 Å². The second-order valence-electron chi connectivity index (χ2n) is 5.75. The van der Waals surface area contributed by atoms with Crippen LogP contribution in [0, 0.1) is 0 Å². The van der Waals surface area contributed by atoms with Crippen molar-refractivity contribution in [2.75, 3.05) is 13.2 Å². The topological polar surface area (TPSA) is 85.3 Å². The van der Waals surface area contributed by atoms with E-state index in [1.807, 2.05) is 0 Å². The lowest BCUT2D eigenvalue weighted by molar-refractivity contribution is 0.0823. The van der Waals surface area contributed by atoms with Gasteiger partial charge in [0.2, 0.25) is 5.78 Å². The minimum Gasteiger partial charge on any atom is -0.448 e. The number of amides is 2. The monoisotopic (exact) mass is 504 g/mol. The molecule has 2 aromatic rings. The Balaban J connectivity index is 2.66. The van der Waals surface area contributed by atoms with Gasteiger partial charge in [-0.1, -0.05) is 57.5 Å². The Labute approximate surface area is 198 Å². The van der Waals surface area contributed by atoms with Gasteiger partial charge in [-0.3, -0.25) is 4.79 Å². The van der Waals surface area contributed by atoms with Crippen LogP contribution in [0.3, 0.4) is 0 Å². The lowest BCUT2D eigenvalue weighted by Crippen LogP contribution is -2.36. The zero-order valence-electron chi connectivity index (χ0n) is 16.3. The van der Waals surface area contributed by atoms with Crippen molar-refractivity contribution in [2.45, 2.75) is 13.8 Å². The van der Waals surface area contributed by atoms with Crippen molar-refractivity contribution in [1.29, 1.82) is 0 Å². The van der Waals surface area contributed by atoms with Gasteiger partial charge in [0.15, 0.2) is 0 Å². The van der Waals surface area contributed by atoms with Crippen molar-refractivity contribution in [3.05, 3.63) is 67.6 Å². The summed E-state index contributed by atoms with van der Waals surface area (Å²) in [7, 11) is 0. The molecule has 0 radical (unpaired) electrons. The molecule has 164 valence electrons. The van der Waals surface area contributed by atoms with Crippen LogP contribution in [0.4, 0.5) is 9.59 Å². The standard InChI is InChI=1S/C20H16Cl4N2O5/c1-3-30-19(28)26(20(29)31-4-2)25-17(11-5-7-13(21)15(23)9-11)18(27)12-6-8-14(22)16(24)10-12/h5-10H,3-4H2,1-2H3/b25-17+. The predicted octanol–water partition coefficient (Wildman–Crippen LogP) is 6.50. The van der Waals surface area contributed by atoms with E-state index in [0.717, 1.165) is 0 Å². The summed E-state index contributed by atoms with van der Waals surface area (Å²) in [6.45, 7) is 3.03. The van der Waals surface area contributed by atoms with Crippen LogP contribution in [0.15, 0.2) is 41.5 Å². The van der Waals surface area contributed by atoms with Crippen LogP contribution in [0.5, 0.6) is 0 Å². The van der Waals surface area contributed by atoms with Gasteiger partial charge < -0.3 is 9.47 Å². The van der Waals surface area contributed by atoms with E-state index < -0.39 is 18.0 Å². The number of nitrogens with zero attached hydrogens (tertiary/aromatic N) is 2. The van der Waals surface area contributed by atoms with Crippen molar-refractivity contribution < 1.29 is 23.9 Å². The summed E-state index contributed by atoms with van der Waals surface area (Å²) in [6, 6.07) is 8.44. The summed E-state index contributed by atoms with van der Waals surface area (Å²) >= 11 is 24.0. The molecule has 0 atom stereocenters. The molecule has 11 heteroatoms. The molecule has 0 aliphatic carbocycles. The van der Waals surface area contributed by atoms with Gasteiger partial charge in [0, 0.05) is 11.1 Å². The smallest absolute Gasteiger partial charge is 0.440 e. The van der Waals surface area contributed by atoms with E-state index in [1.54, 1.807) is 13.8 Å². The molecule has 0 bridgehead atoms. The summed E-state index contributed by atoms with van der Waals surface area (Å²) in [5, 5.41) is 5.02. The van der Waals surface area contributed by atoms with E-state index in [0.29, 0.717) is 5.01 Å². The molecule has 7 nitrogen and oxygen atoms in total.